The van der Waals surface area contributed by atoms with Crippen molar-refractivity contribution in [3.63, 3.8) is 0 Å². The molecule has 4 aromatic rings. The summed E-state index contributed by atoms with van der Waals surface area (Å²) in [6, 6.07) is 17.5. The zero-order valence-electron chi connectivity index (χ0n) is 20.1. The minimum atomic E-state index is -3.68. The number of aryl methyl sites for hydroxylation is 1. The lowest BCUT2D eigenvalue weighted by atomic mass is 10.0. The van der Waals surface area contributed by atoms with E-state index in [1.54, 1.807) is 24.9 Å². The van der Waals surface area contributed by atoms with Gasteiger partial charge in [-0.1, -0.05) is 35.6 Å². The molecule has 0 N–H and O–H groups in total. The van der Waals surface area contributed by atoms with Gasteiger partial charge < -0.3 is 14.0 Å². The molecule has 2 heterocycles. The summed E-state index contributed by atoms with van der Waals surface area (Å²) in [6.45, 7) is 0.761. The predicted molar refractivity (Wildman–Crippen MR) is 138 cm³/mol. The Labute approximate surface area is 213 Å². The van der Waals surface area contributed by atoms with E-state index in [2.05, 4.69) is 4.99 Å². The largest absolute Gasteiger partial charge is 0.497 e. The highest BCUT2D eigenvalue weighted by molar-refractivity contribution is 7.89. The van der Waals surface area contributed by atoms with Gasteiger partial charge in [-0.2, -0.15) is 9.30 Å². The molecule has 1 amide bonds. The van der Waals surface area contributed by atoms with Crippen molar-refractivity contribution in [3.05, 3.63) is 82.2 Å². The standard InChI is InChI=1S/C26H25N3O5S2/c1-28-24-22(34-3)14-20(33-2)15-23(24)35-26(28)27-25(30)18-8-10-21(11-9-18)36(31,32)29-13-12-17-6-4-5-7-19(17)16-29/h4-11,14-15H,12-13,16H2,1-3H3. The van der Waals surface area contributed by atoms with Gasteiger partial charge in [0.25, 0.3) is 5.91 Å². The van der Waals surface area contributed by atoms with E-state index in [4.69, 9.17) is 9.47 Å². The summed E-state index contributed by atoms with van der Waals surface area (Å²) in [5.74, 6) is 0.805. The predicted octanol–water partition coefficient (Wildman–Crippen LogP) is 3.75. The van der Waals surface area contributed by atoms with Gasteiger partial charge in [-0.25, -0.2) is 8.42 Å². The second-order valence-corrected chi connectivity index (χ2v) is 11.4. The van der Waals surface area contributed by atoms with Gasteiger partial charge in [-0.3, -0.25) is 4.79 Å². The van der Waals surface area contributed by atoms with Crippen molar-refractivity contribution in [3.8, 4) is 11.5 Å². The topological polar surface area (TPSA) is 90.2 Å². The first-order valence-electron chi connectivity index (χ1n) is 11.3. The molecule has 0 fully saturated rings. The summed E-state index contributed by atoms with van der Waals surface area (Å²) in [5, 5.41) is 0. The molecular weight excluding hydrogens is 498 g/mol. The maximum atomic E-state index is 13.2. The Kier molecular flexibility index (Phi) is 6.42. The number of aromatic nitrogens is 1. The van der Waals surface area contributed by atoms with Crippen molar-refractivity contribution < 1.29 is 22.7 Å². The molecule has 0 unspecified atom stereocenters. The number of benzene rings is 3. The van der Waals surface area contributed by atoms with Crippen LogP contribution in [0, 0.1) is 0 Å². The lowest BCUT2D eigenvalue weighted by molar-refractivity contribution is 0.0998. The number of methoxy groups -OCH3 is 2. The molecule has 0 saturated carbocycles. The Morgan fingerprint density at radius 3 is 2.42 bits per heavy atom. The first-order chi connectivity index (χ1) is 17.3. The normalized spacial score (nSPS) is 14.6. The van der Waals surface area contributed by atoms with Gasteiger partial charge in [0, 0.05) is 31.8 Å². The average molecular weight is 524 g/mol. The Morgan fingerprint density at radius 1 is 1.00 bits per heavy atom. The fourth-order valence-corrected chi connectivity index (χ4v) is 6.83. The van der Waals surface area contributed by atoms with Crippen LogP contribution in [0.15, 0.2) is 70.6 Å². The molecule has 5 rings (SSSR count). The van der Waals surface area contributed by atoms with Crippen LogP contribution >= 0.6 is 11.3 Å². The van der Waals surface area contributed by atoms with E-state index < -0.39 is 15.9 Å². The zero-order valence-corrected chi connectivity index (χ0v) is 21.7. The quantitative estimate of drug-likeness (QED) is 0.398. The SMILES string of the molecule is COc1cc(OC)c2c(c1)sc(=NC(=O)c1ccc(S(=O)(=O)N3CCc4ccccc4C3)cc1)n2C. The maximum Gasteiger partial charge on any atom is 0.279 e. The molecule has 0 aliphatic carbocycles. The number of nitrogens with zero attached hydrogens (tertiary/aromatic N) is 3. The van der Waals surface area contributed by atoms with Gasteiger partial charge in [0.15, 0.2) is 4.80 Å². The fraction of sp³-hybridized carbons (Fsp3) is 0.231. The number of hydrogen-bond acceptors (Lipinski definition) is 6. The van der Waals surface area contributed by atoms with Crippen LogP contribution in [0.1, 0.15) is 21.5 Å². The van der Waals surface area contributed by atoms with Crippen LogP contribution in [0.4, 0.5) is 0 Å². The minimum Gasteiger partial charge on any atom is -0.497 e. The molecule has 3 aromatic carbocycles. The number of rotatable bonds is 5. The minimum absolute atomic E-state index is 0.155. The number of carbonyl (C=O) groups is 1. The molecule has 0 spiro atoms. The second kappa shape index (κ2) is 9.53. The number of ether oxygens (including phenoxy) is 2. The van der Waals surface area contributed by atoms with Crippen molar-refractivity contribution in [2.75, 3.05) is 20.8 Å². The van der Waals surface area contributed by atoms with Crippen molar-refractivity contribution in [1.82, 2.24) is 8.87 Å². The number of sulfonamides is 1. The molecule has 0 saturated heterocycles. The van der Waals surface area contributed by atoms with Gasteiger partial charge in [0.05, 0.1) is 23.8 Å². The third-order valence-electron chi connectivity index (χ3n) is 6.32. The summed E-state index contributed by atoms with van der Waals surface area (Å²) in [7, 11) is 1.29. The monoisotopic (exact) mass is 523 g/mol. The number of hydrogen-bond donors (Lipinski definition) is 0. The van der Waals surface area contributed by atoms with Gasteiger partial charge in [-0.15, -0.1) is 0 Å². The number of fused-ring (bicyclic) bond motifs is 2. The number of thiazole rings is 1. The molecule has 186 valence electrons. The van der Waals surface area contributed by atoms with Gasteiger partial charge in [-0.05, 0) is 47.9 Å². The van der Waals surface area contributed by atoms with Crippen LogP contribution in [-0.2, 0) is 30.0 Å². The highest BCUT2D eigenvalue weighted by atomic mass is 32.2. The van der Waals surface area contributed by atoms with E-state index >= 15 is 0 Å². The fourth-order valence-electron chi connectivity index (χ4n) is 4.35. The Morgan fingerprint density at radius 2 is 1.72 bits per heavy atom. The smallest absolute Gasteiger partial charge is 0.279 e. The van der Waals surface area contributed by atoms with E-state index in [-0.39, 0.29) is 4.90 Å². The molecule has 36 heavy (non-hydrogen) atoms. The van der Waals surface area contributed by atoms with E-state index in [0.29, 0.717) is 41.4 Å². The third-order valence-corrected chi connectivity index (χ3v) is 9.26. The second-order valence-electron chi connectivity index (χ2n) is 8.42. The van der Waals surface area contributed by atoms with Crippen molar-refractivity contribution in [1.29, 1.82) is 0 Å². The first-order valence-corrected chi connectivity index (χ1v) is 13.5. The number of amides is 1. The van der Waals surface area contributed by atoms with Crippen molar-refractivity contribution in [2.24, 2.45) is 12.0 Å². The Balaban J connectivity index is 1.42. The molecule has 0 bridgehead atoms. The Bertz CT molecular complexity index is 1640. The number of carbonyl (C=O) groups excluding carboxylic acids is 1. The van der Waals surface area contributed by atoms with Crippen LogP contribution < -0.4 is 14.3 Å². The van der Waals surface area contributed by atoms with Crippen LogP contribution in [0.2, 0.25) is 0 Å². The molecule has 1 aliphatic heterocycles. The van der Waals surface area contributed by atoms with E-state index in [0.717, 1.165) is 15.8 Å². The first kappa shape index (κ1) is 24.2. The highest BCUT2D eigenvalue weighted by Gasteiger charge is 2.28. The van der Waals surface area contributed by atoms with Gasteiger partial charge >= 0.3 is 0 Å². The van der Waals surface area contributed by atoms with Crippen LogP contribution in [0.25, 0.3) is 10.2 Å². The molecular formula is C26H25N3O5S2. The molecule has 10 heteroatoms. The van der Waals surface area contributed by atoms with E-state index in [1.807, 2.05) is 37.4 Å². The molecule has 1 aliphatic rings. The summed E-state index contributed by atoms with van der Waals surface area (Å²) >= 11 is 1.34. The van der Waals surface area contributed by atoms with Crippen molar-refractivity contribution >= 4 is 37.5 Å². The molecule has 0 radical (unpaired) electrons. The molecule has 0 atom stereocenters. The van der Waals surface area contributed by atoms with Gasteiger partial charge in [0.2, 0.25) is 10.0 Å². The van der Waals surface area contributed by atoms with Crippen LogP contribution in [0.3, 0.4) is 0 Å². The van der Waals surface area contributed by atoms with E-state index in [9.17, 15) is 13.2 Å². The van der Waals surface area contributed by atoms with E-state index in [1.165, 1.54) is 45.5 Å². The van der Waals surface area contributed by atoms with Crippen LogP contribution in [-0.4, -0.2) is 44.0 Å². The lowest BCUT2D eigenvalue weighted by Gasteiger charge is -2.28. The summed E-state index contributed by atoms with van der Waals surface area (Å²) in [5.41, 5.74) is 3.31. The molecule has 8 nitrogen and oxygen atoms in total. The van der Waals surface area contributed by atoms with Gasteiger partial charge in [0.1, 0.15) is 17.0 Å². The zero-order chi connectivity index (χ0) is 25.4. The lowest BCUT2D eigenvalue weighted by Crippen LogP contribution is -2.35. The average Bonchev–Trinajstić information content (AvgIpc) is 3.22. The summed E-state index contributed by atoms with van der Waals surface area (Å²) < 4.78 is 41.4. The maximum absolute atomic E-state index is 13.2. The van der Waals surface area contributed by atoms with Crippen LogP contribution in [0.5, 0.6) is 11.5 Å². The summed E-state index contributed by atoms with van der Waals surface area (Å²) in [4.78, 5) is 17.9. The molecule has 1 aromatic heterocycles. The summed E-state index contributed by atoms with van der Waals surface area (Å²) in [6.07, 6.45) is 0.674. The highest BCUT2D eigenvalue weighted by Crippen LogP contribution is 2.32. The Hall–Kier alpha value is -3.47. The van der Waals surface area contributed by atoms with Crippen molar-refractivity contribution in [2.45, 2.75) is 17.9 Å². The third kappa shape index (κ3) is 4.32.